The molecule has 0 fully saturated rings. The highest BCUT2D eigenvalue weighted by atomic mass is 32.1. The van der Waals surface area contributed by atoms with E-state index in [2.05, 4.69) is 5.32 Å². The predicted octanol–water partition coefficient (Wildman–Crippen LogP) is 2.01. The smallest absolute Gasteiger partial charge is 0.0922 e. The molecule has 3 N–H and O–H groups in total. The van der Waals surface area contributed by atoms with Crippen LogP contribution in [0.3, 0.4) is 0 Å². The third kappa shape index (κ3) is 5.32. The summed E-state index contributed by atoms with van der Waals surface area (Å²) in [5.74, 6) is 0. The summed E-state index contributed by atoms with van der Waals surface area (Å²) in [7, 11) is 0. The lowest BCUT2D eigenvalue weighted by atomic mass is 10.2. The lowest BCUT2D eigenvalue weighted by Gasteiger charge is -2.14. The van der Waals surface area contributed by atoms with E-state index >= 15 is 0 Å². The van der Waals surface area contributed by atoms with E-state index in [0.717, 1.165) is 10.4 Å². The van der Waals surface area contributed by atoms with E-state index in [0.29, 0.717) is 26.3 Å². The second-order valence-electron chi connectivity index (χ2n) is 4.48. The normalized spacial score (nSPS) is 14.3. The summed E-state index contributed by atoms with van der Waals surface area (Å²) in [4.78, 5) is 1.15. The number of hydrogen-bond donors (Lipinski definition) is 3. The minimum Gasteiger partial charge on any atom is -0.389 e. The number of aliphatic hydroxyl groups is 2. The van der Waals surface area contributed by atoms with Gasteiger partial charge in [-0.15, -0.1) is 11.3 Å². The average molecular weight is 313 g/mol. The van der Waals surface area contributed by atoms with Crippen LogP contribution < -0.4 is 5.32 Å². The first-order chi connectivity index (χ1) is 9.75. The van der Waals surface area contributed by atoms with Crippen molar-refractivity contribution in [2.75, 3.05) is 19.7 Å². The van der Waals surface area contributed by atoms with Crippen LogP contribution in [0.5, 0.6) is 0 Å². The third-order valence-corrected chi connectivity index (χ3v) is 4.33. The standard InChI is InChI=1S/C14H19NO3S2/c16-12(8-18-9-13-2-1-4-20-13)6-15-7-14(17)11-3-5-19-10-11/h1-5,10,12,14-17H,6-9H2. The van der Waals surface area contributed by atoms with Gasteiger partial charge in [-0.05, 0) is 33.8 Å². The van der Waals surface area contributed by atoms with E-state index < -0.39 is 12.2 Å². The highest BCUT2D eigenvalue weighted by Crippen LogP contribution is 2.15. The fourth-order valence-corrected chi connectivity index (χ4v) is 3.07. The maximum absolute atomic E-state index is 9.86. The summed E-state index contributed by atoms with van der Waals surface area (Å²) in [5.41, 5.74) is 0.908. The highest BCUT2D eigenvalue weighted by molar-refractivity contribution is 7.09. The zero-order valence-corrected chi connectivity index (χ0v) is 12.7. The monoisotopic (exact) mass is 313 g/mol. The zero-order valence-electron chi connectivity index (χ0n) is 11.1. The van der Waals surface area contributed by atoms with Gasteiger partial charge in [-0.25, -0.2) is 0 Å². The van der Waals surface area contributed by atoms with Gasteiger partial charge in [-0.2, -0.15) is 11.3 Å². The molecule has 6 heteroatoms. The third-order valence-electron chi connectivity index (χ3n) is 2.78. The first kappa shape index (κ1) is 15.6. The molecule has 2 heterocycles. The minimum absolute atomic E-state index is 0.291. The van der Waals surface area contributed by atoms with Crippen LogP contribution in [0.15, 0.2) is 34.3 Å². The summed E-state index contributed by atoms with van der Waals surface area (Å²) in [6.45, 7) is 1.66. The number of ether oxygens (including phenoxy) is 1. The van der Waals surface area contributed by atoms with E-state index in [-0.39, 0.29) is 0 Å². The van der Waals surface area contributed by atoms with Crippen molar-refractivity contribution in [3.63, 3.8) is 0 Å². The molecule has 0 aliphatic heterocycles. The van der Waals surface area contributed by atoms with Gasteiger partial charge in [-0.3, -0.25) is 0 Å². The van der Waals surface area contributed by atoms with Crippen LogP contribution in [0.2, 0.25) is 0 Å². The predicted molar refractivity (Wildman–Crippen MR) is 82.1 cm³/mol. The van der Waals surface area contributed by atoms with Crippen molar-refractivity contribution in [2.24, 2.45) is 0 Å². The molecule has 0 amide bonds. The Labute approximate surface area is 126 Å². The largest absolute Gasteiger partial charge is 0.389 e. The van der Waals surface area contributed by atoms with Crippen LogP contribution >= 0.6 is 22.7 Å². The number of thiophene rings is 2. The molecule has 0 aliphatic rings. The molecule has 0 saturated heterocycles. The van der Waals surface area contributed by atoms with Gasteiger partial charge in [0.1, 0.15) is 0 Å². The van der Waals surface area contributed by atoms with Crippen molar-refractivity contribution in [2.45, 2.75) is 18.8 Å². The molecule has 0 aliphatic carbocycles. The van der Waals surface area contributed by atoms with Gasteiger partial charge < -0.3 is 20.3 Å². The van der Waals surface area contributed by atoms with Crippen molar-refractivity contribution in [1.82, 2.24) is 5.32 Å². The molecule has 0 spiro atoms. The van der Waals surface area contributed by atoms with Crippen molar-refractivity contribution in [3.05, 3.63) is 44.8 Å². The molecule has 0 radical (unpaired) electrons. The maximum atomic E-state index is 9.86. The molecular formula is C14H19NO3S2. The maximum Gasteiger partial charge on any atom is 0.0922 e. The Bertz CT molecular complexity index is 459. The first-order valence-electron chi connectivity index (χ1n) is 6.45. The molecular weight excluding hydrogens is 294 g/mol. The Hall–Kier alpha value is -0.760. The number of rotatable bonds is 9. The van der Waals surface area contributed by atoms with Gasteiger partial charge in [0.15, 0.2) is 0 Å². The number of aliphatic hydroxyl groups excluding tert-OH is 2. The SMILES string of the molecule is OC(CNCC(O)c1ccsc1)COCc1cccs1. The molecule has 2 unspecified atom stereocenters. The molecule has 20 heavy (non-hydrogen) atoms. The number of hydrogen-bond acceptors (Lipinski definition) is 6. The Kier molecular flexibility index (Phi) is 6.65. The van der Waals surface area contributed by atoms with Gasteiger partial charge >= 0.3 is 0 Å². The summed E-state index contributed by atoms with van der Waals surface area (Å²) in [5, 5.41) is 28.5. The molecule has 2 aromatic rings. The van der Waals surface area contributed by atoms with Crippen molar-refractivity contribution in [3.8, 4) is 0 Å². The lowest BCUT2D eigenvalue weighted by molar-refractivity contribution is 0.0283. The number of nitrogens with one attached hydrogen (secondary N) is 1. The lowest BCUT2D eigenvalue weighted by Crippen LogP contribution is -2.32. The van der Waals surface area contributed by atoms with Crippen LogP contribution in [0.4, 0.5) is 0 Å². The summed E-state index contributed by atoms with van der Waals surface area (Å²) < 4.78 is 5.43. The molecule has 2 rings (SSSR count). The summed E-state index contributed by atoms with van der Waals surface area (Å²) in [6, 6.07) is 5.89. The summed E-state index contributed by atoms with van der Waals surface area (Å²) >= 11 is 3.20. The molecule has 2 aromatic heterocycles. The van der Waals surface area contributed by atoms with E-state index in [1.165, 1.54) is 0 Å². The second-order valence-corrected chi connectivity index (χ2v) is 6.29. The molecule has 0 bridgehead atoms. The molecule has 0 aromatic carbocycles. The van der Waals surface area contributed by atoms with E-state index in [1.54, 1.807) is 22.7 Å². The topological polar surface area (TPSA) is 61.7 Å². The molecule has 4 nitrogen and oxygen atoms in total. The van der Waals surface area contributed by atoms with Crippen LogP contribution in [0.1, 0.15) is 16.5 Å². The Morgan fingerprint density at radius 1 is 1.20 bits per heavy atom. The highest BCUT2D eigenvalue weighted by Gasteiger charge is 2.09. The molecule has 110 valence electrons. The van der Waals surface area contributed by atoms with Gasteiger partial charge in [0.05, 0.1) is 25.4 Å². The average Bonchev–Trinajstić information content (AvgIpc) is 3.12. The second kappa shape index (κ2) is 8.51. The van der Waals surface area contributed by atoms with Gasteiger partial charge in [-0.1, -0.05) is 6.07 Å². The molecule has 0 saturated carbocycles. The van der Waals surface area contributed by atoms with E-state index in [4.69, 9.17) is 4.74 Å². The quantitative estimate of drug-likeness (QED) is 0.663. The van der Waals surface area contributed by atoms with Crippen LogP contribution in [0, 0.1) is 0 Å². The molecule has 2 atom stereocenters. The van der Waals surface area contributed by atoms with E-state index in [9.17, 15) is 10.2 Å². The van der Waals surface area contributed by atoms with Crippen LogP contribution in [-0.2, 0) is 11.3 Å². The Balaban J connectivity index is 1.55. The van der Waals surface area contributed by atoms with Crippen molar-refractivity contribution >= 4 is 22.7 Å². The fraction of sp³-hybridized carbons (Fsp3) is 0.429. The van der Waals surface area contributed by atoms with Gasteiger partial charge in [0.25, 0.3) is 0 Å². The summed E-state index contributed by atoms with van der Waals surface area (Å²) in [6.07, 6.45) is -1.09. The van der Waals surface area contributed by atoms with Crippen LogP contribution in [0.25, 0.3) is 0 Å². The minimum atomic E-state index is -0.565. The van der Waals surface area contributed by atoms with Gasteiger partial charge in [0.2, 0.25) is 0 Å². The first-order valence-corrected chi connectivity index (χ1v) is 8.27. The van der Waals surface area contributed by atoms with Crippen LogP contribution in [-0.4, -0.2) is 36.0 Å². The van der Waals surface area contributed by atoms with Crippen molar-refractivity contribution < 1.29 is 14.9 Å². The van der Waals surface area contributed by atoms with Crippen molar-refractivity contribution in [1.29, 1.82) is 0 Å². The van der Waals surface area contributed by atoms with Gasteiger partial charge in [0, 0.05) is 18.0 Å². The van der Waals surface area contributed by atoms with E-state index in [1.807, 2.05) is 34.3 Å². The zero-order chi connectivity index (χ0) is 14.2. The fourth-order valence-electron chi connectivity index (χ4n) is 1.72. The Morgan fingerprint density at radius 3 is 2.80 bits per heavy atom. The Morgan fingerprint density at radius 2 is 2.10 bits per heavy atom.